The molecule has 4 rings (SSSR count). The average Bonchev–Trinajstić information content (AvgIpc) is 2.81. The van der Waals surface area contributed by atoms with Gasteiger partial charge in [-0.1, -0.05) is 60.7 Å². The van der Waals surface area contributed by atoms with Crippen molar-refractivity contribution in [1.82, 2.24) is 5.32 Å². The fraction of sp³-hybridized carbons (Fsp3) is 0.185. The van der Waals surface area contributed by atoms with Crippen LogP contribution in [0.1, 0.15) is 29.0 Å². The van der Waals surface area contributed by atoms with E-state index in [0.717, 1.165) is 17.4 Å². The van der Waals surface area contributed by atoms with Crippen LogP contribution < -0.4 is 15.7 Å². The topological polar surface area (TPSA) is 68.5 Å². The van der Waals surface area contributed by atoms with Gasteiger partial charge in [-0.15, -0.1) is 0 Å². The summed E-state index contributed by atoms with van der Waals surface area (Å²) in [5.41, 5.74) is 3.32. The molecule has 0 spiro atoms. The first kappa shape index (κ1) is 21.4. The Morgan fingerprint density at radius 2 is 1.59 bits per heavy atom. The third-order valence-corrected chi connectivity index (χ3v) is 5.45. The summed E-state index contributed by atoms with van der Waals surface area (Å²) < 4.78 is 10.8. The second-order valence-corrected chi connectivity index (χ2v) is 7.71. The van der Waals surface area contributed by atoms with Gasteiger partial charge in [0.25, 0.3) is 5.91 Å². The zero-order valence-electron chi connectivity index (χ0n) is 17.9. The number of rotatable bonds is 8. The summed E-state index contributed by atoms with van der Waals surface area (Å²) in [7, 11) is 0. The third-order valence-electron chi connectivity index (χ3n) is 5.45. The SMILES string of the molecule is Cc1cc(=O)oc2cc(OCC(=O)NCCC(c3ccccc3)c3ccccc3)ccc12. The Hall–Kier alpha value is -3.86. The first-order valence-corrected chi connectivity index (χ1v) is 10.6. The molecular weight excluding hydrogens is 402 g/mol. The Morgan fingerprint density at radius 1 is 0.938 bits per heavy atom. The van der Waals surface area contributed by atoms with Crippen LogP contribution in [-0.2, 0) is 4.79 Å². The van der Waals surface area contributed by atoms with Crippen molar-refractivity contribution in [3.05, 3.63) is 112 Å². The van der Waals surface area contributed by atoms with E-state index in [1.807, 2.05) is 49.4 Å². The quantitative estimate of drug-likeness (QED) is 0.410. The smallest absolute Gasteiger partial charge is 0.336 e. The van der Waals surface area contributed by atoms with E-state index in [9.17, 15) is 9.59 Å². The molecule has 1 N–H and O–H groups in total. The summed E-state index contributed by atoms with van der Waals surface area (Å²) in [6.07, 6.45) is 0.778. The minimum Gasteiger partial charge on any atom is -0.484 e. The molecule has 0 bridgehead atoms. The second kappa shape index (κ2) is 9.96. The van der Waals surface area contributed by atoms with Crippen molar-refractivity contribution in [3.63, 3.8) is 0 Å². The van der Waals surface area contributed by atoms with Gasteiger partial charge in [0.05, 0.1) is 0 Å². The molecule has 0 aliphatic heterocycles. The van der Waals surface area contributed by atoms with Crippen LogP contribution in [0.5, 0.6) is 5.75 Å². The normalized spacial score (nSPS) is 10.9. The van der Waals surface area contributed by atoms with Crippen LogP contribution in [0.2, 0.25) is 0 Å². The zero-order valence-corrected chi connectivity index (χ0v) is 17.9. The molecule has 5 nitrogen and oxygen atoms in total. The van der Waals surface area contributed by atoms with Crippen molar-refractivity contribution in [2.45, 2.75) is 19.3 Å². The van der Waals surface area contributed by atoms with E-state index in [1.165, 1.54) is 17.2 Å². The van der Waals surface area contributed by atoms with Gasteiger partial charge >= 0.3 is 5.63 Å². The molecular formula is C27H25NO4. The van der Waals surface area contributed by atoms with E-state index in [1.54, 1.807) is 12.1 Å². The summed E-state index contributed by atoms with van der Waals surface area (Å²) in [5.74, 6) is 0.480. The van der Waals surface area contributed by atoms with Crippen LogP contribution in [0, 0.1) is 6.92 Å². The molecule has 3 aromatic carbocycles. The summed E-state index contributed by atoms with van der Waals surface area (Å²) in [4.78, 5) is 23.9. The standard InChI is InChI=1S/C27H25NO4/c1-19-16-27(30)32-25-17-22(12-13-23(19)25)31-18-26(29)28-15-14-24(20-8-4-2-5-9-20)21-10-6-3-7-11-21/h2-13,16-17,24H,14-15,18H2,1H3,(H,28,29). The number of aryl methyl sites for hydroxylation is 1. The number of carbonyl (C=O) groups excluding carboxylic acids is 1. The Labute approximate surface area is 186 Å². The number of nitrogens with one attached hydrogen (secondary N) is 1. The monoisotopic (exact) mass is 427 g/mol. The molecule has 4 aromatic rings. The highest BCUT2D eigenvalue weighted by Crippen LogP contribution is 2.27. The number of ether oxygens (including phenoxy) is 1. The number of carbonyl (C=O) groups is 1. The molecule has 1 amide bonds. The summed E-state index contributed by atoms with van der Waals surface area (Å²) >= 11 is 0. The largest absolute Gasteiger partial charge is 0.484 e. The van der Waals surface area contributed by atoms with Gasteiger partial charge in [-0.05, 0) is 42.2 Å². The highest BCUT2D eigenvalue weighted by molar-refractivity contribution is 5.81. The van der Waals surface area contributed by atoms with E-state index in [0.29, 0.717) is 17.9 Å². The van der Waals surface area contributed by atoms with Gasteiger partial charge < -0.3 is 14.5 Å². The molecule has 1 heterocycles. The van der Waals surface area contributed by atoms with Crippen LogP contribution >= 0.6 is 0 Å². The Balaban J connectivity index is 1.34. The maximum atomic E-state index is 12.3. The Kier molecular flexibility index (Phi) is 6.66. The van der Waals surface area contributed by atoms with Crippen molar-refractivity contribution in [2.24, 2.45) is 0 Å². The van der Waals surface area contributed by atoms with E-state index in [2.05, 4.69) is 29.6 Å². The number of hydrogen-bond donors (Lipinski definition) is 1. The van der Waals surface area contributed by atoms with Gasteiger partial charge in [0.1, 0.15) is 11.3 Å². The molecule has 5 heteroatoms. The predicted octanol–water partition coefficient (Wildman–Crippen LogP) is 4.82. The van der Waals surface area contributed by atoms with E-state index in [-0.39, 0.29) is 18.4 Å². The average molecular weight is 428 g/mol. The maximum absolute atomic E-state index is 12.3. The molecule has 0 aliphatic carbocycles. The third kappa shape index (κ3) is 5.24. The van der Waals surface area contributed by atoms with Gasteiger partial charge in [0.15, 0.2) is 6.61 Å². The minimum atomic E-state index is -0.406. The lowest BCUT2D eigenvalue weighted by atomic mass is 9.88. The molecule has 1 aromatic heterocycles. The fourth-order valence-corrected chi connectivity index (χ4v) is 3.85. The summed E-state index contributed by atoms with van der Waals surface area (Å²) in [6, 6.07) is 27.3. The van der Waals surface area contributed by atoms with Crippen LogP contribution in [0.15, 0.2) is 94.1 Å². The minimum absolute atomic E-state index is 0.108. The highest BCUT2D eigenvalue weighted by Gasteiger charge is 2.14. The lowest BCUT2D eigenvalue weighted by molar-refractivity contribution is -0.123. The lowest BCUT2D eigenvalue weighted by Crippen LogP contribution is -2.30. The van der Waals surface area contributed by atoms with E-state index < -0.39 is 5.63 Å². The molecule has 0 unspecified atom stereocenters. The first-order chi connectivity index (χ1) is 15.6. The van der Waals surface area contributed by atoms with E-state index in [4.69, 9.17) is 9.15 Å². The second-order valence-electron chi connectivity index (χ2n) is 7.71. The number of benzene rings is 3. The fourth-order valence-electron chi connectivity index (χ4n) is 3.85. The van der Waals surface area contributed by atoms with Crippen molar-refractivity contribution in [3.8, 4) is 5.75 Å². The molecule has 32 heavy (non-hydrogen) atoms. The highest BCUT2D eigenvalue weighted by atomic mass is 16.5. The molecule has 0 atom stereocenters. The number of amides is 1. The van der Waals surface area contributed by atoms with Crippen LogP contribution in [-0.4, -0.2) is 19.1 Å². The molecule has 0 aliphatic rings. The van der Waals surface area contributed by atoms with Crippen molar-refractivity contribution in [1.29, 1.82) is 0 Å². The van der Waals surface area contributed by atoms with Crippen molar-refractivity contribution >= 4 is 16.9 Å². The number of hydrogen-bond acceptors (Lipinski definition) is 4. The van der Waals surface area contributed by atoms with Crippen LogP contribution in [0.4, 0.5) is 0 Å². The molecule has 162 valence electrons. The van der Waals surface area contributed by atoms with Gasteiger partial charge in [0, 0.05) is 30.0 Å². The van der Waals surface area contributed by atoms with Crippen molar-refractivity contribution < 1.29 is 13.9 Å². The van der Waals surface area contributed by atoms with Gasteiger partial charge in [0.2, 0.25) is 0 Å². The van der Waals surface area contributed by atoms with Gasteiger partial charge in [-0.2, -0.15) is 0 Å². The maximum Gasteiger partial charge on any atom is 0.336 e. The van der Waals surface area contributed by atoms with Gasteiger partial charge in [-0.3, -0.25) is 4.79 Å². The van der Waals surface area contributed by atoms with Crippen molar-refractivity contribution in [2.75, 3.05) is 13.2 Å². The van der Waals surface area contributed by atoms with Crippen LogP contribution in [0.25, 0.3) is 11.0 Å². The summed E-state index contributed by atoms with van der Waals surface area (Å²) in [5, 5.41) is 3.78. The predicted molar refractivity (Wildman–Crippen MR) is 125 cm³/mol. The zero-order chi connectivity index (χ0) is 22.3. The molecule has 0 fully saturated rings. The lowest BCUT2D eigenvalue weighted by Gasteiger charge is -2.18. The molecule has 0 saturated carbocycles. The molecule has 0 radical (unpaired) electrons. The van der Waals surface area contributed by atoms with Gasteiger partial charge in [-0.25, -0.2) is 4.79 Å². The summed E-state index contributed by atoms with van der Waals surface area (Å²) in [6.45, 7) is 2.27. The van der Waals surface area contributed by atoms with Crippen LogP contribution in [0.3, 0.4) is 0 Å². The number of fused-ring (bicyclic) bond motifs is 1. The Morgan fingerprint density at radius 3 is 2.25 bits per heavy atom. The van der Waals surface area contributed by atoms with E-state index >= 15 is 0 Å². The molecule has 0 saturated heterocycles. The first-order valence-electron chi connectivity index (χ1n) is 10.6. The Bertz CT molecular complexity index is 1210.